The average molecular weight is 1020 g/mol. The van der Waals surface area contributed by atoms with Gasteiger partial charge in [0.25, 0.3) is 0 Å². The van der Waals surface area contributed by atoms with Crippen molar-refractivity contribution in [2.45, 2.75) is 128 Å². The van der Waals surface area contributed by atoms with Crippen LogP contribution < -0.4 is 37.2 Å². The third-order valence-corrected chi connectivity index (χ3v) is 11.9. The van der Waals surface area contributed by atoms with Gasteiger partial charge in [-0.2, -0.15) is 0 Å². The molecule has 7 amide bonds. The minimum absolute atomic E-state index is 0.163. The lowest BCUT2D eigenvalue weighted by atomic mass is 9.94. The summed E-state index contributed by atoms with van der Waals surface area (Å²) in [7, 11) is 3.72. The van der Waals surface area contributed by atoms with Crippen LogP contribution in [0.2, 0.25) is 0 Å². The van der Waals surface area contributed by atoms with E-state index in [0.29, 0.717) is 12.0 Å². The Labute approximate surface area is 417 Å². The smallest absolute Gasteiger partial charge is 0.327 e. The van der Waals surface area contributed by atoms with E-state index in [1.165, 1.54) is 13.0 Å². The first-order valence-electron chi connectivity index (χ1n) is 23.2. The van der Waals surface area contributed by atoms with Crippen molar-refractivity contribution in [3.8, 4) is 0 Å². The maximum Gasteiger partial charge on any atom is 0.327 e. The SMILES string of the molecule is COC(=O)CC[C@@H]1NC(=O)[C@@H](C)NC(=O)[C@H](CO)NC(=O)CC[C@H](C(=O)O)NC(=O)[C@@H](C)[C@H](C=CC(C)=C[C@H](C)[C@H](Cc2ccccc2)OC)NC(=O)[C@@H](CCC(=O)OC)NC(=O)[C@@H](C)[C@H](C(=O)O)NC1=O. The lowest BCUT2D eigenvalue weighted by molar-refractivity contribution is -0.147. The molecule has 1 aromatic carbocycles. The normalized spacial score (nSPS) is 25.8. The van der Waals surface area contributed by atoms with Crippen LogP contribution in [0.3, 0.4) is 0 Å². The summed E-state index contributed by atoms with van der Waals surface area (Å²) in [6, 6.07) is -1.89. The number of aliphatic carboxylic acids is 2. The fourth-order valence-corrected chi connectivity index (χ4v) is 7.28. The van der Waals surface area contributed by atoms with Crippen LogP contribution in [0.15, 0.2) is 54.1 Å². The van der Waals surface area contributed by atoms with Gasteiger partial charge in [-0.25, -0.2) is 9.59 Å². The summed E-state index contributed by atoms with van der Waals surface area (Å²) in [6.45, 7) is 6.32. The Morgan fingerprint density at radius 1 is 0.681 bits per heavy atom. The van der Waals surface area contributed by atoms with E-state index in [-0.39, 0.29) is 12.0 Å². The standard InChI is InChI=1S/C48H69N7O17/c1-25(22-26(2)36(70-6)23-30-12-10-9-11-13-30)14-15-31-27(3)41(60)54-34(47(66)67)16-19-37(57)50-35(24-56)46(65)49-29(5)43(62)53-33(18-21-39(59)72-8)45(64)55-40(48(68)69)28(4)42(61)52-32(44(63)51-31)17-20-38(58)71-7/h9-15,22,26-29,31-36,40,56H,16-21,23-24H2,1-8H3,(H,49,65)(H,50,57)(H,51,63)(H,52,61)(H,53,62)(H,54,60)(H,55,64)(H,66,67)(H,68,69)/t26-,27-,28-,29+,31-,32+,33-,34+,35-,36-,40+/m0/s1. The number of allylic oxidation sites excluding steroid dienone is 2. The molecule has 1 heterocycles. The highest BCUT2D eigenvalue weighted by Crippen LogP contribution is 2.19. The minimum atomic E-state index is -2.05. The van der Waals surface area contributed by atoms with Gasteiger partial charge in [0.2, 0.25) is 41.4 Å². The van der Waals surface area contributed by atoms with Gasteiger partial charge in [0.05, 0.1) is 44.8 Å². The average Bonchev–Trinajstić information content (AvgIpc) is 3.34. The Bertz CT molecular complexity index is 2150. The van der Waals surface area contributed by atoms with Crippen molar-refractivity contribution < 1.29 is 82.3 Å². The van der Waals surface area contributed by atoms with Crippen molar-refractivity contribution in [1.29, 1.82) is 0 Å². The van der Waals surface area contributed by atoms with Crippen LogP contribution in [0.5, 0.6) is 0 Å². The molecule has 398 valence electrons. The van der Waals surface area contributed by atoms with E-state index >= 15 is 0 Å². The van der Waals surface area contributed by atoms with Crippen LogP contribution in [0, 0.1) is 17.8 Å². The Morgan fingerprint density at radius 3 is 1.75 bits per heavy atom. The number of hydrogen-bond donors (Lipinski definition) is 10. The number of aliphatic hydroxyl groups is 1. The molecule has 0 bridgehead atoms. The van der Waals surface area contributed by atoms with Crippen LogP contribution in [-0.4, -0.2) is 157 Å². The van der Waals surface area contributed by atoms with Crippen molar-refractivity contribution in [2.24, 2.45) is 17.8 Å². The highest BCUT2D eigenvalue weighted by Gasteiger charge is 2.38. The Kier molecular flexibility index (Phi) is 25.8. The molecule has 0 aliphatic carbocycles. The van der Waals surface area contributed by atoms with Gasteiger partial charge in [-0.3, -0.25) is 43.2 Å². The summed E-state index contributed by atoms with van der Waals surface area (Å²) < 4.78 is 15.1. The zero-order valence-electron chi connectivity index (χ0n) is 41.7. The highest BCUT2D eigenvalue weighted by molar-refractivity contribution is 5.97. The summed E-state index contributed by atoms with van der Waals surface area (Å²) in [5.41, 5.74) is 1.69. The number of carboxylic acids is 2. The van der Waals surface area contributed by atoms with Gasteiger partial charge in [-0.05, 0) is 45.1 Å². The molecule has 1 saturated heterocycles. The van der Waals surface area contributed by atoms with E-state index in [2.05, 4.69) is 42.0 Å². The number of esters is 2. The van der Waals surface area contributed by atoms with E-state index in [9.17, 15) is 68.1 Å². The number of aliphatic hydroxyl groups excluding tert-OH is 1. The van der Waals surface area contributed by atoms with Gasteiger partial charge in [0.15, 0.2) is 0 Å². The summed E-state index contributed by atoms with van der Waals surface area (Å²) in [6.07, 6.45) is 2.31. The van der Waals surface area contributed by atoms with Crippen molar-refractivity contribution in [3.05, 3.63) is 59.7 Å². The number of hydrogen-bond acceptors (Lipinski definition) is 15. The summed E-state index contributed by atoms with van der Waals surface area (Å²) >= 11 is 0. The molecule has 0 unspecified atom stereocenters. The van der Waals surface area contributed by atoms with Crippen molar-refractivity contribution >= 4 is 65.2 Å². The molecule has 11 atom stereocenters. The molecule has 0 saturated carbocycles. The van der Waals surface area contributed by atoms with Gasteiger partial charge in [-0.15, -0.1) is 0 Å². The number of methoxy groups -OCH3 is 3. The first kappa shape index (κ1) is 60.9. The van der Waals surface area contributed by atoms with E-state index in [1.54, 1.807) is 20.1 Å². The van der Waals surface area contributed by atoms with Crippen LogP contribution in [0.4, 0.5) is 0 Å². The van der Waals surface area contributed by atoms with Gasteiger partial charge in [-0.1, -0.05) is 74.9 Å². The predicted octanol–water partition coefficient (Wildman–Crippen LogP) is -1.07. The van der Waals surface area contributed by atoms with Gasteiger partial charge in [0, 0.05) is 32.3 Å². The van der Waals surface area contributed by atoms with Crippen molar-refractivity contribution in [2.75, 3.05) is 27.9 Å². The Hall–Kier alpha value is -7.21. The minimum Gasteiger partial charge on any atom is -0.480 e. The monoisotopic (exact) mass is 1020 g/mol. The number of carbonyl (C=O) groups excluding carboxylic acids is 9. The van der Waals surface area contributed by atoms with Crippen molar-refractivity contribution in [1.82, 2.24) is 37.2 Å². The molecule has 0 aromatic heterocycles. The topological polar surface area (TPSA) is 360 Å². The second-order valence-corrected chi connectivity index (χ2v) is 17.4. The molecule has 24 nitrogen and oxygen atoms in total. The largest absolute Gasteiger partial charge is 0.480 e. The number of carbonyl (C=O) groups is 11. The van der Waals surface area contributed by atoms with Gasteiger partial charge < -0.3 is 66.7 Å². The first-order chi connectivity index (χ1) is 34.0. The summed E-state index contributed by atoms with van der Waals surface area (Å²) in [5.74, 6) is -15.4. The fraction of sp³-hybridized carbons (Fsp3) is 0.562. The highest BCUT2D eigenvalue weighted by atomic mass is 16.5. The quantitative estimate of drug-likeness (QED) is 0.0696. The maximum absolute atomic E-state index is 14.3. The Balaban J connectivity index is 2.72. The third kappa shape index (κ3) is 20.3. The number of nitrogens with one attached hydrogen (secondary N) is 7. The van der Waals surface area contributed by atoms with Gasteiger partial charge >= 0.3 is 23.9 Å². The number of benzene rings is 1. The molecule has 1 aliphatic rings. The summed E-state index contributed by atoms with van der Waals surface area (Å²) in [4.78, 5) is 145. The zero-order chi connectivity index (χ0) is 54.2. The molecule has 1 aromatic rings. The molecule has 72 heavy (non-hydrogen) atoms. The molecule has 1 fully saturated rings. The van der Waals surface area contributed by atoms with Crippen LogP contribution in [0.25, 0.3) is 0 Å². The van der Waals surface area contributed by atoms with Gasteiger partial charge in [0.1, 0.15) is 36.3 Å². The molecule has 10 N–H and O–H groups in total. The molecule has 1 aliphatic heterocycles. The second-order valence-electron chi connectivity index (χ2n) is 17.4. The molecular formula is C48H69N7O17. The van der Waals surface area contributed by atoms with E-state index in [4.69, 9.17) is 9.47 Å². The van der Waals surface area contributed by atoms with E-state index in [0.717, 1.165) is 33.6 Å². The zero-order valence-corrected chi connectivity index (χ0v) is 41.7. The van der Waals surface area contributed by atoms with Crippen LogP contribution in [0.1, 0.15) is 78.7 Å². The van der Waals surface area contributed by atoms with E-state index < -0.39 is 164 Å². The number of ether oxygens (including phenoxy) is 3. The molecule has 24 heteroatoms. The summed E-state index contributed by atoms with van der Waals surface area (Å²) in [5, 5.41) is 46.7. The lowest BCUT2D eigenvalue weighted by Gasteiger charge is -2.28. The fourth-order valence-electron chi connectivity index (χ4n) is 7.28. The second kappa shape index (κ2) is 30.5. The van der Waals surface area contributed by atoms with E-state index in [1.807, 2.05) is 43.3 Å². The third-order valence-electron chi connectivity index (χ3n) is 11.9. The number of rotatable bonds is 16. The molecule has 0 radical (unpaired) electrons. The molecule has 0 spiro atoms. The predicted molar refractivity (Wildman–Crippen MR) is 255 cm³/mol. The molecular weight excluding hydrogens is 947 g/mol. The Morgan fingerprint density at radius 2 is 1.22 bits per heavy atom. The number of amides is 7. The van der Waals surface area contributed by atoms with Crippen LogP contribution >= 0.6 is 0 Å². The lowest BCUT2D eigenvalue weighted by Crippen LogP contribution is -2.59. The van der Waals surface area contributed by atoms with Crippen LogP contribution in [-0.2, 0) is 73.4 Å². The maximum atomic E-state index is 14.3. The first-order valence-corrected chi connectivity index (χ1v) is 23.2. The number of carboxylic acid groups (broad SMARTS) is 2. The van der Waals surface area contributed by atoms with Crippen molar-refractivity contribution in [3.63, 3.8) is 0 Å². The molecule has 2 rings (SSSR count).